The molecule has 1 saturated heterocycles. The molecular weight excluding hydrogens is 393 g/mol. The number of benzene rings is 1. The van der Waals surface area contributed by atoms with Crippen molar-refractivity contribution in [1.82, 2.24) is 10.2 Å². The molecule has 30 heavy (non-hydrogen) atoms. The molecule has 1 fully saturated rings. The molecule has 1 aromatic carbocycles. The number of amides is 4. The predicted molar refractivity (Wildman–Crippen MR) is 105 cm³/mol. The van der Waals surface area contributed by atoms with E-state index in [2.05, 4.69) is 10.6 Å². The summed E-state index contributed by atoms with van der Waals surface area (Å²) < 4.78 is 14.1. The molecule has 2 aliphatic heterocycles. The van der Waals surface area contributed by atoms with Crippen LogP contribution in [0.2, 0.25) is 0 Å². The quantitative estimate of drug-likeness (QED) is 0.470. The molecule has 0 spiro atoms. The van der Waals surface area contributed by atoms with Gasteiger partial charge < -0.3 is 10.1 Å². The van der Waals surface area contributed by atoms with Crippen molar-refractivity contribution < 1.29 is 28.4 Å². The Morgan fingerprint density at radius 1 is 1.13 bits per heavy atom. The molecule has 2 N–H and O–H groups in total. The summed E-state index contributed by atoms with van der Waals surface area (Å²) in [6.07, 6.45) is 3.95. The van der Waals surface area contributed by atoms with Gasteiger partial charge >= 0.3 is 0 Å². The van der Waals surface area contributed by atoms with Gasteiger partial charge in [0.15, 0.2) is 0 Å². The number of unbranched alkanes of at least 4 members (excludes halogenated alkanes) is 3. The van der Waals surface area contributed by atoms with E-state index in [1.54, 1.807) is 6.92 Å². The Bertz CT molecular complexity index is 914. The summed E-state index contributed by atoms with van der Waals surface area (Å²) in [7, 11) is 0. The van der Waals surface area contributed by atoms with Crippen molar-refractivity contribution in [2.45, 2.75) is 57.9 Å². The maximum absolute atomic E-state index is 14.1. The maximum atomic E-state index is 14.1. The Kier molecular flexibility index (Phi) is 6.59. The molecule has 0 aromatic heterocycles. The third-order valence-electron chi connectivity index (χ3n) is 5.28. The highest BCUT2D eigenvalue weighted by Gasteiger charge is 2.46. The minimum absolute atomic E-state index is 0.0207. The van der Waals surface area contributed by atoms with Crippen molar-refractivity contribution >= 4 is 35.1 Å². The predicted octanol–water partition coefficient (Wildman–Crippen LogP) is 2.18. The Labute approximate surface area is 173 Å². The largest absolute Gasteiger partial charge is 0.384 e. The van der Waals surface area contributed by atoms with Gasteiger partial charge in [-0.3, -0.25) is 29.4 Å². The van der Waals surface area contributed by atoms with E-state index < -0.39 is 35.5 Å². The smallest absolute Gasteiger partial charge is 0.264 e. The number of halogens is 1. The van der Waals surface area contributed by atoms with Gasteiger partial charge in [0.2, 0.25) is 11.8 Å². The fourth-order valence-electron chi connectivity index (χ4n) is 3.77. The summed E-state index contributed by atoms with van der Waals surface area (Å²) in [4.78, 5) is 61.0. The Morgan fingerprint density at radius 3 is 2.57 bits per heavy atom. The minimum Gasteiger partial charge on any atom is -0.384 e. The SMILES string of the molecule is CC(=O)CCCCCCNc1cc(F)cc2c1C(=O)N(C1CCC(=O)NC1=O)C2=O. The number of imide groups is 2. The van der Waals surface area contributed by atoms with Crippen LogP contribution < -0.4 is 10.6 Å². The van der Waals surface area contributed by atoms with Crippen LogP contribution >= 0.6 is 0 Å². The molecule has 2 aliphatic rings. The van der Waals surface area contributed by atoms with Gasteiger partial charge in [-0.05, 0) is 38.3 Å². The lowest BCUT2D eigenvalue weighted by Crippen LogP contribution is -2.54. The molecule has 0 bridgehead atoms. The van der Waals surface area contributed by atoms with Gasteiger partial charge in [-0.2, -0.15) is 0 Å². The summed E-state index contributed by atoms with van der Waals surface area (Å²) in [6.45, 7) is 2.03. The topological polar surface area (TPSA) is 113 Å². The number of piperidine rings is 1. The number of anilines is 1. The molecule has 1 atom stereocenters. The number of rotatable bonds is 9. The highest BCUT2D eigenvalue weighted by Crippen LogP contribution is 2.33. The van der Waals surface area contributed by atoms with Gasteiger partial charge in [0.25, 0.3) is 11.8 Å². The first-order valence-corrected chi connectivity index (χ1v) is 10.1. The standard InChI is InChI=1S/C21H24FN3O5/c1-12(26)6-4-2-3-5-9-23-15-11-13(22)10-14-18(15)21(30)25(20(14)29)16-7-8-17(27)24-19(16)28/h10-11,16,23H,2-9H2,1H3,(H,24,27,28). The molecule has 0 aliphatic carbocycles. The van der Waals surface area contributed by atoms with Crippen LogP contribution in [-0.2, 0) is 14.4 Å². The molecule has 2 heterocycles. The molecule has 8 nitrogen and oxygen atoms in total. The number of ketones is 1. The van der Waals surface area contributed by atoms with Gasteiger partial charge in [-0.15, -0.1) is 0 Å². The van der Waals surface area contributed by atoms with E-state index in [0.29, 0.717) is 13.0 Å². The van der Waals surface area contributed by atoms with E-state index in [0.717, 1.165) is 42.7 Å². The maximum Gasteiger partial charge on any atom is 0.264 e. The second kappa shape index (κ2) is 9.15. The number of hydrogen-bond donors (Lipinski definition) is 2. The lowest BCUT2D eigenvalue weighted by atomic mass is 10.0. The monoisotopic (exact) mass is 417 g/mol. The van der Waals surface area contributed by atoms with Gasteiger partial charge in [-0.1, -0.05) is 12.8 Å². The molecule has 1 aromatic rings. The van der Waals surface area contributed by atoms with Crippen LogP contribution in [0.1, 0.15) is 72.6 Å². The molecule has 3 rings (SSSR count). The van der Waals surface area contributed by atoms with Crippen molar-refractivity contribution in [2.24, 2.45) is 0 Å². The summed E-state index contributed by atoms with van der Waals surface area (Å²) in [5, 5.41) is 5.15. The number of nitrogens with zero attached hydrogens (tertiary/aromatic N) is 1. The highest BCUT2D eigenvalue weighted by molar-refractivity contribution is 6.25. The number of nitrogens with one attached hydrogen (secondary N) is 2. The normalized spacial score (nSPS) is 18.5. The molecule has 0 radical (unpaired) electrons. The number of fused-ring (bicyclic) bond motifs is 1. The Morgan fingerprint density at radius 2 is 1.87 bits per heavy atom. The molecule has 1 unspecified atom stereocenters. The van der Waals surface area contributed by atoms with Crippen LogP contribution in [0.3, 0.4) is 0 Å². The average molecular weight is 417 g/mol. The Balaban J connectivity index is 1.69. The van der Waals surface area contributed by atoms with Crippen molar-refractivity contribution in [3.05, 3.63) is 29.1 Å². The zero-order chi connectivity index (χ0) is 21.8. The van der Waals surface area contributed by atoms with Gasteiger partial charge in [0, 0.05) is 19.4 Å². The first-order chi connectivity index (χ1) is 14.3. The van der Waals surface area contributed by atoms with Gasteiger partial charge in [0.1, 0.15) is 17.6 Å². The molecule has 0 saturated carbocycles. The minimum atomic E-state index is -1.09. The van der Waals surface area contributed by atoms with Crippen LogP contribution in [-0.4, -0.2) is 46.9 Å². The van der Waals surface area contributed by atoms with Crippen molar-refractivity contribution in [2.75, 3.05) is 11.9 Å². The molecule has 160 valence electrons. The van der Waals surface area contributed by atoms with Crippen LogP contribution in [0.4, 0.5) is 10.1 Å². The second-order valence-corrected chi connectivity index (χ2v) is 7.62. The van der Waals surface area contributed by atoms with E-state index in [1.807, 2.05) is 0 Å². The fraction of sp³-hybridized carbons (Fsp3) is 0.476. The van der Waals surface area contributed by atoms with Crippen LogP contribution in [0.5, 0.6) is 0 Å². The van der Waals surface area contributed by atoms with Crippen molar-refractivity contribution in [3.8, 4) is 0 Å². The first kappa shape index (κ1) is 21.6. The molecular formula is C21H24FN3O5. The van der Waals surface area contributed by atoms with E-state index in [-0.39, 0.29) is 35.4 Å². The number of hydrogen-bond acceptors (Lipinski definition) is 6. The van der Waals surface area contributed by atoms with E-state index in [9.17, 15) is 28.4 Å². The van der Waals surface area contributed by atoms with E-state index in [1.165, 1.54) is 0 Å². The third-order valence-corrected chi connectivity index (χ3v) is 5.28. The van der Waals surface area contributed by atoms with Crippen LogP contribution in [0, 0.1) is 5.82 Å². The summed E-state index contributed by atoms with van der Waals surface area (Å²) in [5.74, 6) is -3.08. The number of carbonyl (C=O) groups is 5. The fourth-order valence-corrected chi connectivity index (χ4v) is 3.77. The average Bonchev–Trinajstić information content (AvgIpc) is 2.91. The lowest BCUT2D eigenvalue weighted by molar-refractivity contribution is -0.136. The van der Waals surface area contributed by atoms with Gasteiger partial charge in [0.05, 0.1) is 16.8 Å². The highest BCUT2D eigenvalue weighted by atomic mass is 19.1. The Hall–Kier alpha value is -3.10. The number of carbonyl (C=O) groups excluding carboxylic acids is 5. The van der Waals surface area contributed by atoms with Crippen LogP contribution in [0.25, 0.3) is 0 Å². The summed E-state index contributed by atoms with van der Waals surface area (Å²) in [6, 6.07) is 1.06. The first-order valence-electron chi connectivity index (χ1n) is 10.1. The second-order valence-electron chi connectivity index (χ2n) is 7.62. The zero-order valence-corrected chi connectivity index (χ0v) is 16.8. The van der Waals surface area contributed by atoms with Gasteiger partial charge in [-0.25, -0.2) is 4.39 Å². The molecule has 9 heteroatoms. The lowest BCUT2D eigenvalue weighted by Gasteiger charge is -2.27. The molecule has 4 amide bonds. The van der Waals surface area contributed by atoms with E-state index in [4.69, 9.17) is 0 Å². The van der Waals surface area contributed by atoms with Crippen molar-refractivity contribution in [3.63, 3.8) is 0 Å². The number of Topliss-reactive ketones (excluding diaryl/α,β-unsaturated/α-hetero) is 1. The third kappa shape index (κ3) is 4.55. The van der Waals surface area contributed by atoms with Crippen LogP contribution in [0.15, 0.2) is 12.1 Å². The van der Waals surface area contributed by atoms with Crippen molar-refractivity contribution in [1.29, 1.82) is 0 Å². The van der Waals surface area contributed by atoms with E-state index >= 15 is 0 Å². The zero-order valence-electron chi connectivity index (χ0n) is 16.8. The summed E-state index contributed by atoms with van der Waals surface area (Å²) >= 11 is 0. The summed E-state index contributed by atoms with van der Waals surface area (Å²) in [5.41, 5.74) is 0.165.